The third-order valence-corrected chi connectivity index (χ3v) is 4.65. The first kappa shape index (κ1) is 20.4. The van der Waals surface area contributed by atoms with Crippen LogP contribution in [0, 0.1) is 18.6 Å². The van der Waals surface area contributed by atoms with Crippen LogP contribution < -0.4 is 16.3 Å². The average molecular weight is 415 g/mol. The highest BCUT2D eigenvalue weighted by molar-refractivity contribution is 7.80. The molecule has 1 heterocycles. The summed E-state index contributed by atoms with van der Waals surface area (Å²) in [7, 11) is 1.77. The van der Waals surface area contributed by atoms with E-state index in [1.165, 1.54) is 10.7 Å². The Morgan fingerprint density at radius 1 is 1.10 bits per heavy atom. The fourth-order valence-corrected chi connectivity index (χ4v) is 2.92. The Hall–Kier alpha value is -3.33. The highest BCUT2D eigenvalue weighted by Crippen LogP contribution is 2.14. The Morgan fingerprint density at radius 2 is 1.79 bits per heavy atom. The van der Waals surface area contributed by atoms with Crippen LogP contribution in [0.5, 0.6) is 0 Å². The number of benzene rings is 2. The van der Waals surface area contributed by atoms with Crippen LogP contribution in [0.3, 0.4) is 0 Å². The summed E-state index contributed by atoms with van der Waals surface area (Å²) in [6.07, 6.45) is 0. The Kier molecular flexibility index (Phi) is 5.88. The Balaban J connectivity index is 1.79. The minimum Gasteiger partial charge on any atom is -0.325 e. The molecule has 0 fully saturated rings. The molecule has 150 valence electrons. The molecule has 0 unspecified atom stereocenters. The van der Waals surface area contributed by atoms with E-state index in [0.29, 0.717) is 22.7 Å². The fraction of sp³-hybridized carbons (Fsp3) is 0.150. The van der Waals surface area contributed by atoms with Gasteiger partial charge >= 0.3 is 0 Å². The molecular formula is C20H19F2N5OS. The molecule has 0 aliphatic heterocycles. The molecule has 3 rings (SSSR count). The van der Waals surface area contributed by atoms with Crippen LogP contribution in [-0.2, 0) is 7.05 Å². The number of hydrogen-bond acceptors (Lipinski definition) is 3. The molecule has 3 aromatic rings. The largest absolute Gasteiger partial charge is 0.325 e. The minimum atomic E-state index is -0.959. The van der Waals surface area contributed by atoms with Crippen molar-refractivity contribution in [1.29, 1.82) is 0 Å². The summed E-state index contributed by atoms with van der Waals surface area (Å²) in [5.41, 5.74) is 4.89. The maximum Gasteiger partial charge on any atom is 0.295 e. The van der Waals surface area contributed by atoms with Gasteiger partial charge in [0.15, 0.2) is 16.7 Å². The zero-order valence-electron chi connectivity index (χ0n) is 16.0. The summed E-state index contributed by atoms with van der Waals surface area (Å²) in [5.74, 6) is -1.89. The number of para-hydroxylation sites is 1. The monoisotopic (exact) mass is 415 g/mol. The lowest BCUT2D eigenvalue weighted by atomic mass is 10.1. The molecule has 1 aromatic heterocycles. The van der Waals surface area contributed by atoms with Crippen molar-refractivity contribution in [2.75, 3.05) is 5.32 Å². The van der Waals surface area contributed by atoms with Gasteiger partial charge in [-0.3, -0.25) is 14.9 Å². The number of hydrogen-bond donors (Lipinski definition) is 2. The number of aromatic nitrogens is 2. The van der Waals surface area contributed by atoms with Gasteiger partial charge in [0.05, 0.1) is 17.1 Å². The van der Waals surface area contributed by atoms with Crippen LogP contribution in [0.2, 0.25) is 0 Å². The molecule has 0 saturated heterocycles. The summed E-state index contributed by atoms with van der Waals surface area (Å²) in [6, 6.07) is 12.7. The molecule has 0 atom stereocenters. The van der Waals surface area contributed by atoms with E-state index in [9.17, 15) is 13.6 Å². The summed E-state index contributed by atoms with van der Waals surface area (Å²) in [4.78, 5) is 12.9. The molecule has 9 heteroatoms. The Labute approximate surface area is 171 Å². The predicted octanol–water partition coefficient (Wildman–Crippen LogP) is 3.47. The molecule has 0 bridgehead atoms. The van der Waals surface area contributed by atoms with Crippen LogP contribution >= 0.6 is 12.2 Å². The van der Waals surface area contributed by atoms with Crippen LogP contribution in [-0.4, -0.2) is 20.2 Å². The van der Waals surface area contributed by atoms with Crippen molar-refractivity contribution < 1.29 is 8.78 Å². The normalized spacial score (nSPS) is 11.4. The van der Waals surface area contributed by atoms with Crippen molar-refractivity contribution in [2.45, 2.75) is 13.8 Å². The van der Waals surface area contributed by atoms with Crippen molar-refractivity contribution in [2.24, 2.45) is 12.1 Å². The molecule has 2 aromatic carbocycles. The minimum absolute atomic E-state index is 0.0953. The Morgan fingerprint density at radius 3 is 2.45 bits per heavy atom. The lowest BCUT2D eigenvalue weighted by molar-refractivity contribution is 0.508. The molecule has 29 heavy (non-hydrogen) atoms. The van der Waals surface area contributed by atoms with Gasteiger partial charge in [-0.15, -0.1) is 0 Å². The second kappa shape index (κ2) is 8.36. The number of halogens is 2. The SMILES string of the molecule is C/C(=N/NC(=S)Nc1c(C)n(C)n(-c2ccccc2)c1=O)c1ccc(F)c(F)c1. The second-order valence-corrected chi connectivity index (χ2v) is 6.74. The molecule has 0 aliphatic carbocycles. The van der Waals surface area contributed by atoms with Crippen molar-refractivity contribution in [3.05, 3.63) is 81.8 Å². The average Bonchev–Trinajstić information content (AvgIpc) is 2.92. The topological polar surface area (TPSA) is 63.4 Å². The van der Waals surface area contributed by atoms with Gasteiger partial charge in [-0.25, -0.2) is 13.5 Å². The van der Waals surface area contributed by atoms with Crippen molar-refractivity contribution in [1.82, 2.24) is 14.8 Å². The summed E-state index contributed by atoms with van der Waals surface area (Å²) in [6.45, 7) is 3.42. The standard InChI is InChI=1S/C20H19F2N5OS/c1-12(14-9-10-16(21)17(22)11-14)24-25-20(29)23-18-13(2)26(3)27(19(18)28)15-7-5-4-6-8-15/h4-11H,1-3H3,(H2,23,25,29)/b24-12-. The lowest BCUT2D eigenvalue weighted by Crippen LogP contribution is -2.28. The van der Waals surface area contributed by atoms with Crippen molar-refractivity contribution in [3.8, 4) is 5.69 Å². The van der Waals surface area contributed by atoms with Gasteiger partial charge in [-0.1, -0.05) is 18.2 Å². The molecule has 2 N–H and O–H groups in total. The second-order valence-electron chi connectivity index (χ2n) is 6.33. The van der Waals surface area contributed by atoms with E-state index >= 15 is 0 Å². The van der Waals surface area contributed by atoms with Gasteiger partial charge in [-0.05, 0) is 56.4 Å². The first-order chi connectivity index (χ1) is 13.8. The van der Waals surface area contributed by atoms with Gasteiger partial charge in [-0.2, -0.15) is 5.10 Å². The summed E-state index contributed by atoms with van der Waals surface area (Å²) in [5, 5.41) is 7.02. The van der Waals surface area contributed by atoms with E-state index in [1.54, 1.807) is 25.6 Å². The molecule has 0 saturated carbocycles. The Bertz CT molecular complexity index is 1150. The van der Waals surface area contributed by atoms with Gasteiger partial charge in [0.2, 0.25) is 0 Å². The van der Waals surface area contributed by atoms with E-state index in [1.807, 2.05) is 30.3 Å². The van der Waals surface area contributed by atoms with E-state index in [0.717, 1.165) is 17.8 Å². The van der Waals surface area contributed by atoms with Crippen molar-refractivity contribution >= 4 is 28.7 Å². The molecule has 0 amide bonds. The third-order valence-electron chi connectivity index (χ3n) is 4.46. The molecule has 0 spiro atoms. The predicted molar refractivity (Wildman–Crippen MR) is 114 cm³/mol. The fourth-order valence-electron chi connectivity index (χ4n) is 2.77. The molecule has 0 radical (unpaired) electrons. The zero-order valence-corrected chi connectivity index (χ0v) is 16.8. The maximum atomic E-state index is 13.4. The smallest absolute Gasteiger partial charge is 0.295 e. The first-order valence-corrected chi connectivity index (χ1v) is 9.11. The number of hydrazone groups is 1. The van der Waals surface area contributed by atoms with E-state index in [-0.39, 0.29) is 10.7 Å². The highest BCUT2D eigenvalue weighted by Gasteiger charge is 2.16. The van der Waals surface area contributed by atoms with Gasteiger partial charge in [0, 0.05) is 12.6 Å². The van der Waals surface area contributed by atoms with Crippen LogP contribution in [0.15, 0.2) is 58.4 Å². The molecule has 6 nitrogen and oxygen atoms in total. The third kappa shape index (κ3) is 4.24. The number of anilines is 1. The van der Waals surface area contributed by atoms with E-state index < -0.39 is 11.6 Å². The summed E-state index contributed by atoms with van der Waals surface area (Å²) >= 11 is 5.22. The van der Waals surface area contributed by atoms with Crippen LogP contribution in [0.1, 0.15) is 18.2 Å². The summed E-state index contributed by atoms with van der Waals surface area (Å²) < 4.78 is 29.7. The quantitative estimate of drug-likeness (QED) is 0.389. The number of nitrogens with zero attached hydrogens (tertiary/aromatic N) is 3. The lowest BCUT2D eigenvalue weighted by Gasteiger charge is -2.08. The van der Waals surface area contributed by atoms with E-state index in [2.05, 4.69) is 15.8 Å². The van der Waals surface area contributed by atoms with Crippen LogP contribution in [0.25, 0.3) is 5.69 Å². The van der Waals surface area contributed by atoms with Gasteiger partial charge in [0.1, 0.15) is 5.69 Å². The maximum absolute atomic E-state index is 13.4. The molecule has 0 aliphatic rings. The number of nitrogens with one attached hydrogen (secondary N) is 2. The first-order valence-electron chi connectivity index (χ1n) is 8.70. The number of thiocarbonyl (C=S) groups is 1. The molecular weight excluding hydrogens is 396 g/mol. The van der Waals surface area contributed by atoms with Crippen molar-refractivity contribution in [3.63, 3.8) is 0 Å². The highest BCUT2D eigenvalue weighted by atomic mass is 32.1. The van der Waals surface area contributed by atoms with Gasteiger partial charge < -0.3 is 5.32 Å². The zero-order chi connectivity index (χ0) is 21.1. The van der Waals surface area contributed by atoms with E-state index in [4.69, 9.17) is 12.2 Å². The number of rotatable bonds is 4. The van der Waals surface area contributed by atoms with Gasteiger partial charge in [0.25, 0.3) is 5.56 Å². The van der Waals surface area contributed by atoms with Crippen LogP contribution in [0.4, 0.5) is 14.5 Å².